The van der Waals surface area contributed by atoms with Gasteiger partial charge in [0, 0.05) is 5.69 Å². The summed E-state index contributed by atoms with van der Waals surface area (Å²) in [7, 11) is 0. The molecular formula is C22H26N4O2. The van der Waals surface area contributed by atoms with Crippen LogP contribution in [0.1, 0.15) is 25.3 Å². The molecule has 1 aliphatic heterocycles. The molecule has 4 rings (SSSR count). The first-order chi connectivity index (χ1) is 13.6. The standard InChI is InChI=1S/C22H26N4O2/c1-15(21(27)23-18-7-8-19-20(14-18)25-22(28)24-19)26-11-9-17(10-12-26)13-16-5-3-2-4-6-16/h2-8,14-15,17H,9-13H2,1H3,(H,23,27)(H2,24,25,28)/t15-/m0/s1. The lowest BCUT2D eigenvalue weighted by molar-refractivity contribution is -0.121. The van der Waals surface area contributed by atoms with E-state index in [0.29, 0.717) is 17.1 Å². The Morgan fingerprint density at radius 2 is 1.82 bits per heavy atom. The molecule has 1 atom stereocenters. The predicted octanol–water partition coefficient (Wildman–Crippen LogP) is 3.14. The van der Waals surface area contributed by atoms with Gasteiger partial charge in [-0.3, -0.25) is 9.69 Å². The molecule has 1 aliphatic rings. The number of likely N-dealkylation sites (tertiary alicyclic amines) is 1. The summed E-state index contributed by atoms with van der Waals surface area (Å²) in [4.78, 5) is 31.7. The maximum absolute atomic E-state index is 12.7. The van der Waals surface area contributed by atoms with Crippen LogP contribution in [-0.2, 0) is 11.2 Å². The van der Waals surface area contributed by atoms with Gasteiger partial charge in [0.05, 0.1) is 17.1 Å². The third-order valence-corrected chi connectivity index (χ3v) is 5.73. The fourth-order valence-electron chi connectivity index (χ4n) is 4.01. The molecule has 2 heterocycles. The number of carbonyl (C=O) groups excluding carboxylic acids is 1. The molecule has 3 aromatic rings. The molecule has 0 spiro atoms. The largest absolute Gasteiger partial charge is 0.325 e. The number of nitrogens with one attached hydrogen (secondary N) is 3. The summed E-state index contributed by atoms with van der Waals surface area (Å²) in [6, 6.07) is 15.8. The fourth-order valence-corrected chi connectivity index (χ4v) is 4.01. The molecule has 6 heteroatoms. The summed E-state index contributed by atoms with van der Waals surface area (Å²) in [6.45, 7) is 3.84. The van der Waals surface area contributed by atoms with Crippen molar-refractivity contribution < 1.29 is 4.79 Å². The highest BCUT2D eigenvalue weighted by Crippen LogP contribution is 2.23. The number of H-pyrrole nitrogens is 2. The normalized spacial score (nSPS) is 16.9. The highest BCUT2D eigenvalue weighted by atomic mass is 16.2. The van der Waals surface area contributed by atoms with Crippen LogP contribution in [0.5, 0.6) is 0 Å². The summed E-state index contributed by atoms with van der Waals surface area (Å²) in [6.07, 6.45) is 3.34. The van der Waals surface area contributed by atoms with E-state index in [0.717, 1.165) is 37.9 Å². The third-order valence-electron chi connectivity index (χ3n) is 5.73. The highest BCUT2D eigenvalue weighted by Gasteiger charge is 2.26. The molecule has 1 fully saturated rings. The van der Waals surface area contributed by atoms with Crippen LogP contribution in [-0.4, -0.2) is 39.9 Å². The molecule has 0 aliphatic carbocycles. The number of fused-ring (bicyclic) bond motifs is 1. The average Bonchev–Trinajstić information content (AvgIpc) is 3.08. The van der Waals surface area contributed by atoms with Crippen molar-refractivity contribution in [1.82, 2.24) is 14.9 Å². The lowest BCUT2D eigenvalue weighted by atomic mass is 9.89. The summed E-state index contributed by atoms with van der Waals surface area (Å²) >= 11 is 0. The van der Waals surface area contributed by atoms with Gasteiger partial charge >= 0.3 is 5.69 Å². The van der Waals surface area contributed by atoms with Crippen molar-refractivity contribution >= 4 is 22.6 Å². The Morgan fingerprint density at radius 3 is 2.57 bits per heavy atom. The molecule has 0 unspecified atom stereocenters. The maximum atomic E-state index is 12.7. The van der Waals surface area contributed by atoms with Crippen molar-refractivity contribution in [2.75, 3.05) is 18.4 Å². The van der Waals surface area contributed by atoms with Crippen LogP contribution >= 0.6 is 0 Å². The lowest BCUT2D eigenvalue weighted by Crippen LogP contribution is -2.46. The number of aromatic nitrogens is 2. The van der Waals surface area contributed by atoms with Crippen molar-refractivity contribution in [1.29, 1.82) is 0 Å². The summed E-state index contributed by atoms with van der Waals surface area (Å²) in [5, 5.41) is 2.97. The highest BCUT2D eigenvalue weighted by molar-refractivity contribution is 5.96. The van der Waals surface area contributed by atoms with E-state index >= 15 is 0 Å². The monoisotopic (exact) mass is 378 g/mol. The number of hydrogen-bond acceptors (Lipinski definition) is 3. The number of benzene rings is 2. The van der Waals surface area contributed by atoms with E-state index in [2.05, 4.69) is 50.5 Å². The minimum Gasteiger partial charge on any atom is -0.325 e. The van der Waals surface area contributed by atoms with Gasteiger partial charge < -0.3 is 15.3 Å². The number of aromatic amines is 2. The van der Waals surface area contributed by atoms with Crippen LogP contribution in [0.15, 0.2) is 53.3 Å². The van der Waals surface area contributed by atoms with Crippen LogP contribution in [0.4, 0.5) is 5.69 Å². The van der Waals surface area contributed by atoms with E-state index < -0.39 is 0 Å². The first-order valence-electron chi connectivity index (χ1n) is 9.89. The second-order valence-electron chi connectivity index (χ2n) is 7.67. The zero-order chi connectivity index (χ0) is 19.5. The Morgan fingerprint density at radius 1 is 1.11 bits per heavy atom. The van der Waals surface area contributed by atoms with Crippen molar-refractivity contribution in [3.63, 3.8) is 0 Å². The summed E-state index contributed by atoms with van der Waals surface area (Å²) in [5.41, 5.74) is 3.27. The van der Waals surface area contributed by atoms with Crippen molar-refractivity contribution in [2.45, 2.75) is 32.2 Å². The number of anilines is 1. The van der Waals surface area contributed by atoms with Gasteiger partial charge in [0.25, 0.3) is 0 Å². The number of hydrogen-bond donors (Lipinski definition) is 3. The Bertz CT molecular complexity index is 1000. The Kier molecular flexibility index (Phi) is 5.30. The smallest absolute Gasteiger partial charge is 0.323 e. The number of amides is 1. The molecule has 0 saturated carbocycles. The zero-order valence-corrected chi connectivity index (χ0v) is 16.1. The van der Waals surface area contributed by atoms with Gasteiger partial charge in [-0.15, -0.1) is 0 Å². The molecular weight excluding hydrogens is 352 g/mol. The van der Waals surface area contributed by atoms with Crippen LogP contribution in [0.2, 0.25) is 0 Å². The van der Waals surface area contributed by atoms with E-state index in [-0.39, 0.29) is 17.6 Å². The molecule has 28 heavy (non-hydrogen) atoms. The Balaban J connectivity index is 1.32. The van der Waals surface area contributed by atoms with Crippen LogP contribution in [0.3, 0.4) is 0 Å². The van der Waals surface area contributed by atoms with Crippen molar-refractivity contribution in [3.05, 3.63) is 64.6 Å². The number of rotatable bonds is 5. The second kappa shape index (κ2) is 8.02. The topological polar surface area (TPSA) is 81.0 Å². The second-order valence-corrected chi connectivity index (χ2v) is 7.67. The first kappa shape index (κ1) is 18.5. The SMILES string of the molecule is C[C@@H](C(=O)Nc1ccc2[nH]c(=O)[nH]c2c1)N1CCC(Cc2ccccc2)CC1. The number of nitrogens with zero attached hydrogens (tertiary/aromatic N) is 1. The van der Waals surface area contributed by atoms with Gasteiger partial charge in [0.15, 0.2) is 0 Å². The van der Waals surface area contributed by atoms with Gasteiger partial charge in [-0.25, -0.2) is 4.79 Å². The molecule has 146 valence electrons. The minimum atomic E-state index is -0.245. The maximum Gasteiger partial charge on any atom is 0.323 e. The molecule has 0 bridgehead atoms. The number of piperidine rings is 1. The Hall–Kier alpha value is -2.86. The third kappa shape index (κ3) is 4.17. The van der Waals surface area contributed by atoms with Gasteiger partial charge in [0.2, 0.25) is 5.91 Å². The predicted molar refractivity (Wildman–Crippen MR) is 111 cm³/mol. The molecule has 1 aromatic heterocycles. The number of carbonyl (C=O) groups is 1. The fraction of sp³-hybridized carbons (Fsp3) is 0.364. The van der Waals surface area contributed by atoms with E-state index in [1.165, 1.54) is 5.56 Å². The van der Waals surface area contributed by atoms with E-state index in [9.17, 15) is 9.59 Å². The van der Waals surface area contributed by atoms with E-state index in [1.54, 1.807) is 12.1 Å². The first-order valence-corrected chi connectivity index (χ1v) is 9.89. The van der Waals surface area contributed by atoms with Crippen LogP contribution in [0, 0.1) is 5.92 Å². The molecule has 1 saturated heterocycles. The van der Waals surface area contributed by atoms with Gasteiger partial charge in [-0.05, 0) is 69.0 Å². The summed E-state index contributed by atoms with van der Waals surface area (Å²) < 4.78 is 0. The Labute approximate surface area is 164 Å². The van der Waals surface area contributed by atoms with Crippen LogP contribution in [0.25, 0.3) is 11.0 Å². The van der Waals surface area contributed by atoms with Gasteiger partial charge in [0.1, 0.15) is 0 Å². The van der Waals surface area contributed by atoms with Crippen molar-refractivity contribution in [3.8, 4) is 0 Å². The minimum absolute atomic E-state index is 0.0151. The van der Waals surface area contributed by atoms with E-state index in [4.69, 9.17) is 0 Å². The van der Waals surface area contributed by atoms with Crippen LogP contribution < -0.4 is 11.0 Å². The van der Waals surface area contributed by atoms with Gasteiger partial charge in [-0.2, -0.15) is 0 Å². The molecule has 2 aromatic carbocycles. The van der Waals surface area contributed by atoms with E-state index in [1.807, 2.05) is 13.0 Å². The quantitative estimate of drug-likeness (QED) is 0.638. The lowest BCUT2D eigenvalue weighted by Gasteiger charge is -2.35. The molecule has 1 amide bonds. The zero-order valence-electron chi connectivity index (χ0n) is 16.1. The summed E-state index contributed by atoms with van der Waals surface area (Å²) in [5.74, 6) is 0.667. The van der Waals surface area contributed by atoms with Crippen molar-refractivity contribution in [2.24, 2.45) is 5.92 Å². The average molecular weight is 378 g/mol. The molecule has 6 nitrogen and oxygen atoms in total. The van der Waals surface area contributed by atoms with Gasteiger partial charge in [-0.1, -0.05) is 30.3 Å². The molecule has 3 N–H and O–H groups in total. The number of imidazole rings is 1. The molecule has 0 radical (unpaired) electrons.